The summed E-state index contributed by atoms with van der Waals surface area (Å²) in [6.07, 6.45) is 3.92. The molecular formula is C20H30N2O3. The highest BCUT2D eigenvalue weighted by Gasteiger charge is 2.37. The fourth-order valence-electron chi connectivity index (χ4n) is 4.25. The van der Waals surface area contributed by atoms with E-state index in [1.807, 2.05) is 12.1 Å². The summed E-state index contributed by atoms with van der Waals surface area (Å²) in [4.78, 5) is 17.1. The molecule has 5 heteroatoms. The van der Waals surface area contributed by atoms with Crippen LogP contribution in [-0.4, -0.2) is 62.2 Å². The number of likely N-dealkylation sites (tertiary alicyclic amines) is 2. The molecule has 2 atom stereocenters. The number of methoxy groups -OCH3 is 2. The summed E-state index contributed by atoms with van der Waals surface area (Å²) in [5.74, 6) is 1.79. The Morgan fingerprint density at radius 2 is 1.96 bits per heavy atom. The highest BCUT2D eigenvalue weighted by Crippen LogP contribution is 2.31. The van der Waals surface area contributed by atoms with Gasteiger partial charge in [0.25, 0.3) is 0 Å². The zero-order chi connectivity index (χ0) is 17.6. The number of carbonyl (C=O) groups is 1. The molecule has 0 saturated carbocycles. The second kappa shape index (κ2) is 8.68. The van der Waals surface area contributed by atoms with E-state index in [-0.39, 0.29) is 0 Å². The Morgan fingerprint density at radius 3 is 2.68 bits per heavy atom. The molecule has 0 unspecified atom stereocenters. The largest absolute Gasteiger partial charge is 0.497 e. The molecule has 2 fully saturated rings. The van der Waals surface area contributed by atoms with Gasteiger partial charge in [0.15, 0.2) is 0 Å². The van der Waals surface area contributed by atoms with E-state index < -0.39 is 0 Å². The topological polar surface area (TPSA) is 42.0 Å². The van der Waals surface area contributed by atoms with Crippen LogP contribution in [0.15, 0.2) is 24.3 Å². The minimum absolute atomic E-state index is 0.313. The summed E-state index contributed by atoms with van der Waals surface area (Å²) < 4.78 is 10.5. The zero-order valence-corrected chi connectivity index (χ0v) is 15.4. The fourth-order valence-corrected chi connectivity index (χ4v) is 4.25. The van der Waals surface area contributed by atoms with E-state index in [4.69, 9.17) is 9.47 Å². The van der Waals surface area contributed by atoms with Gasteiger partial charge in [-0.05, 0) is 42.9 Å². The minimum atomic E-state index is 0.313. The van der Waals surface area contributed by atoms with E-state index >= 15 is 0 Å². The SMILES string of the molecule is COCCN1C(=O)CCC[C@H]2CN(Cc3ccc(OC)cc3)CC[C@H]21. The molecular weight excluding hydrogens is 316 g/mol. The number of piperidine rings is 1. The molecule has 2 heterocycles. The lowest BCUT2D eigenvalue weighted by atomic mass is 9.88. The van der Waals surface area contributed by atoms with Crippen LogP contribution in [0.3, 0.4) is 0 Å². The molecule has 0 spiro atoms. The number of hydrogen-bond donors (Lipinski definition) is 0. The van der Waals surface area contributed by atoms with Crippen LogP contribution < -0.4 is 4.74 Å². The highest BCUT2D eigenvalue weighted by molar-refractivity contribution is 5.76. The van der Waals surface area contributed by atoms with E-state index in [2.05, 4.69) is 21.9 Å². The molecule has 138 valence electrons. The first-order valence-corrected chi connectivity index (χ1v) is 9.35. The van der Waals surface area contributed by atoms with Crippen molar-refractivity contribution in [3.8, 4) is 5.75 Å². The smallest absolute Gasteiger partial charge is 0.222 e. The van der Waals surface area contributed by atoms with Gasteiger partial charge in [0.1, 0.15) is 5.75 Å². The molecule has 0 aliphatic carbocycles. The van der Waals surface area contributed by atoms with E-state index in [1.54, 1.807) is 14.2 Å². The van der Waals surface area contributed by atoms with Gasteiger partial charge < -0.3 is 14.4 Å². The van der Waals surface area contributed by atoms with Crippen LogP contribution in [0, 0.1) is 5.92 Å². The Hall–Kier alpha value is -1.59. The number of benzene rings is 1. The summed E-state index contributed by atoms with van der Waals surface area (Å²) >= 11 is 0. The van der Waals surface area contributed by atoms with Gasteiger partial charge in [-0.1, -0.05) is 12.1 Å². The van der Waals surface area contributed by atoms with Gasteiger partial charge in [0.2, 0.25) is 5.91 Å². The quantitative estimate of drug-likeness (QED) is 0.794. The van der Waals surface area contributed by atoms with Crippen molar-refractivity contribution < 1.29 is 14.3 Å². The van der Waals surface area contributed by atoms with Gasteiger partial charge in [-0.25, -0.2) is 0 Å². The van der Waals surface area contributed by atoms with E-state index in [0.29, 0.717) is 30.9 Å². The Bertz CT molecular complexity index is 561. The van der Waals surface area contributed by atoms with Crippen molar-refractivity contribution in [1.82, 2.24) is 9.80 Å². The maximum atomic E-state index is 12.5. The van der Waals surface area contributed by atoms with Crippen molar-refractivity contribution >= 4 is 5.91 Å². The van der Waals surface area contributed by atoms with Crippen molar-refractivity contribution in [3.05, 3.63) is 29.8 Å². The standard InChI is InChI=1S/C20H30N2O3/c1-24-13-12-22-19-10-11-21(15-17(19)4-3-5-20(22)23)14-16-6-8-18(25-2)9-7-16/h6-9,17,19H,3-5,10-15H2,1-2H3/t17-,19+/m0/s1. The molecule has 1 aromatic carbocycles. The second-order valence-electron chi connectivity index (χ2n) is 7.17. The number of ether oxygens (including phenoxy) is 2. The molecule has 1 aromatic rings. The number of rotatable bonds is 6. The Labute approximate surface area is 150 Å². The van der Waals surface area contributed by atoms with Gasteiger partial charge in [-0.15, -0.1) is 0 Å². The van der Waals surface area contributed by atoms with Gasteiger partial charge in [-0.2, -0.15) is 0 Å². The third kappa shape index (κ3) is 4.53. The van der Waals surface area contributed by atoms with Gasteiger partial charge in [0.05, 0.1) is 13.7 Å². The van der Waals surface area contributed by atoms with Crippen molar-refractivity contribution in [2.24, 2.45) is 5.92 Å². The molecule has 2 aliphatic heterocycles. The number of hydrogen-bond acceptors (Lipinski definition) is 4. The second-order valence-corrected chi connectivity index (χ2v) is 7.17. The van der Waals surface area contributed by atoms with Crippen LogP contribution in [0.2, 0.25) is 0 Å². The van der Waals surface area contributed by atoms with E-state index in [1.165, 1.54) is 5.56 Å². The van der Waals surface area contributed by atoms with Crippen molar-refractivity contribution in [2.45, 2.75) is 38.3 Å². The van der Waals surface area contributed by atoms with E-state index in [9.17, 15) is 4.79 Å². The highest BCUT2D eigenvalue weighted by atomic mass is 16.5. The minimum Gasteiger partial charge on any atom is -0.497 e. The monoisotopic (exact) mass is 346 g/mol. The van der Waals surface area contributed by atoms with Crippen LogP contribution in [0.1, 0.15) is 31.2 Å². The molecule has 0 N–H and O–H groups in total. The number of carbonyl (C=O) groups excluding carboxylic acids is 1. The fraction of sp³-hybridized carbons (Fsp3) is 0.650. The van der Waals surface area contributed by atoms with Crippen LogP contribution >= 0.6 is 0 Å². The zero-order valence-electron chi connectivity index (χ0n) is 15.4. The first-order chi connectivity index (χ1) is 12.2. The number of fused-ring (bicyclic) bond motifs is 1. The third-order valence-corrected chi connectivity index (χ3v) is 5.57. The van der Waals surface area contributed by atoms with Crippen molar-refractivity contribution in [2.75, 3.05) is 40.5 Å². The van der Waals surface area contributed by atoms with Gasteiger partial charge in [-0.3, -0.25) is 9.69 Å². The van der Waals surface area contributed by atoms with Crippen LogP contribution in [0.25, 0.3) is 0 Å². The lowest BCUT2D eigenvalue weighted by molar-refractivity contribution is -0.135. The molecule has 5 nitrogen and oxygen atoms in total. The summed E-state index contributed by atoms with van der Waals surface area (Å²) in [6, 6.07) is 8.73. The summed E-state index contributed by atoms with van der Waals surface area (Å²) in [6.45, 7) is 4.45. The molecule has 0 aromatic heterocycles. The van der Waals surface area contributed by atoms with Crippen LogP contribution in [-0.2, 0) is 16.1 Å². The predicted molar refractivity (Wildman–Crippen MR) is 97.6 cm³/mol. The third-order valence-electron chi connectivity index (χ3n) is 5.57. The number of amides is 1. The molecule has 0 bridgehead atoms. The average molecular weight is 346 g/mol. The molecule has 0 radical (unpaired) electrons. The predicted octanol–water partition coefficient (Wildman–Crippen LogP) is 2.54. The van der Waals surface area contributed by atoms with Crippen molar-refractivity contribution in [1.29, 1.82) is 0 Å². The lowest BCUT2D eigenvalue weighted by Crippen LogP contribution is -2.52. The number of nitrogens with zero attached hydrogens (tertiary/aromatic N) is 2. The molecule has 2 aliphatic rings. The molecule has 2 saturated heterocycles. The lowest BCUT2D eigenvalue weighted by Gasteiger charge is -2.42. The maximum absolute atomic E-state index is 12.5. The van der Waals surface area contributed by atoms with Gasteiger partial charge in [0, 0.05) is 45.8 Å². The molecule has 3 rings (SSSR count). The van der Waals surface area contributed by atoms with E-state index in [0.717, 1.165) is 51.2 Å². The van der Waals surface area contributed by atoms with Crippen molar-refractivity contribution in [3.63, 3.8) is 0 Å². The van der Waals surface area contributed by atoms with Crippen LogP contribution in [0.5, 0.6) is 5.75 Å². The molecule has 25 heavy (non-hydrogen) atoms. The average Bonchev–Trinajstić information content (AvgIpc) is 2.78. The Morgan fingerprint density at radius 1 is 1.16 bits per heavy atom. The summed E-state index contributed by atoms with van der Waals surface area (Å²) in [5, 5.41) is 0. The maximum Gasteiger partial charge on any atom is 0.222 e. The first kappa shape index (κ1) is 18.2. The normalized spacial score (nSPS) is 24.7. The summed E-state index contributed by atoms with van der Waals surface area (Å²) in [7, 11) is 3.40. The van der Waals surface area contributed by atoms with Gasteiger partial charge >= 0.3 is 0 Å². The van der Waals surface area contributed by atoms with Crippen LogP contribution in [0.4, 0.5) is 0 Å². The first-order valence-electron chi connectivity index (χ1n) is 9.35. The molecule has 1 amide bonds. The summed E-state index contributed by atoms with van der Waals surface area (Å²) in [5.41, 5.74) is 1.32. The Kier molecular flexibility index (Phi) is 6.32. The Balaban J connectivity index is 1.62.